The van der Waals surface area contributed by atoms with E-state index in [4.69, 9.17) is 11.6 Å². The molecule has 5 nitrogen and oxygen atoms in total. The van der Waals surface area contributed by atoms with Gasteiger partial charge in [0.2, 0.25) is 4.96 Å². The Morgan fingerprint density at radius 3 is 2.80 bits per heavy atom. The van der Waals surface area contributed by atoms with E-state index in [0.29, 0.717) is 20.7 Å². The van der Waals surface area contributed by atoms with E-state index in [1.165, 1.54) is 21.9 Å². The predicted molar refractivity (Wildman–Crippen MR) is 101 cm³/mol. The number of aromatic nitrogens is 4. The van der Waals surface area contributed by atoms with Crippen LogP contribution in [0.3, 0.4) is 0 Å². The average molecular weight is 367 g/mol. The molecule has 4 aromatic rings. The number of fused-ring (bicyclic) bond motifs is 1. The van der Waals surface area contributed by atoms with Gasteiger partial charge in [-0.15, -0.1) is 0 Å². The Morgan fingerprint density at radius 2 is 2.00 bits per heavy atom. The Hall–Kier alpha value is -2.83. The summed E-state index contributed by atoms with van der Waals surface area (Å²) in [6.45, 7) is 0. The maximum absolute atomic E-state index is 12.3. The molecule has 0 fully saturated rings. The van der Waals surface area contributed by atoms with Gasteiger partial charge in [-0.3, -0.25) is 9.78 Å². The minimum atomic E-state index is -0.231. The molecule has 1 aromatic carbocycles. The van der Waals surface area contributed by atoms with Crippen molar-refractivity contribution in [2.45, 2.75) is 0 Å². The van der Waals surface area contributed by atoms with Crippen molar-refractivity contribution in [1.29, 1.82) is 0 Å². The van der Waals surface area contributed by atoms with Gasteiger partial charge in [0, 0.05) is 24.0 Å². The summed E-state index contributed by atoms with van der Waals surface area (Å²) in [5.74, 6) is 0. The molecule has 0 amide bonds. The number of nitrogens with zero attached hydrogens (tertiary/aromatic N) is 4. The van der Waals surface area contributed by atoms with Crippen LogP contribution in [-0.4, -0.2) is 19.6 Å². The molecule has 0 unspecified atom stereocenters. The van der Waals surface area contributed by atoms with Crippen molar-refractivity contribution in [3.8, 4) is 10.6 Å². The van der Waals surface area contributed by atoms with Crippen LogP contribution >= 0.6 is 22.9 Å². The van der Waals surface area contributed by atoms with Crippen molar-refractivity contribution in [3.63, 3.8) is 0 Å². The van der Waals surface area contributed by atoms with E-state index in [1.807, 2.05) is 36.4 Å². The summed E-state index contributed by atoms with van der Waals surface area (Å²) in [5.41, 5.74) is 2.06. The lowest BCUT2D eigenvalue weighted by Gasteiger charge is -1.96. The first-order valence-corrected chi connectivity index (χ1v) is 8.64. The minimum Gasteiger partial charge on any atom is -0.267 e. The minimum absolute atomic E-state index is 0.231. The molecule has 0 spiro atoms. The Bertz CT molecular complexity index is 1130. The quantitative estimate of drug-likeness (QED) is 0.549. The van der Waals surface area contributed by atoms with Crippen molar-refractivity contribution >= 4 is 40.1 Å². The van der Waals surface area contributed by atoms with Crippen LogP contribution in [0.15, 0.2) is 59.7 Å². The summed E-state index contributed by atoms with van der Waals surface area (Å²) in [7, 11) is 0. The second kappa shape index (κ2) is 6.58. The highest BCUT2D eigenvalue weighted by molar-refractivity contribution is 7.19. The number of pyridine rings is 1. The number of halogens is 1. The summed E-state index contributed by atoms with van der Waals surface area (Å²) in [4.78, 5) is 21.4. The number of hydrogen-bond acceptors (Lipinski definition) is 5. The lowest BCUT2D eigenvalue weighted by molar-refractivity contribution is 0.901. The van der Waals surface area contributed by atoms with E-state index >= 15 is 0 Å². The maximum atomic E-state index is 12.3. The predicted octanol–water partition coefficient (Wildman–Crippen LogP) is 4.04. The van der Waals surface area contributed by atoms with Crippen LogP contribution in [0.2, 0.25) is 5.02 Å². The second-order valence-corrected chi connectivity index (χ2v) is 6.58. The molecule has 7 heteroatoms. The Kier molecular flexibility index (Phi) is 4.13. The molecule has 0 saturated carbocycles. The van der Waals surface area contributed by atoms with E-state index in [-0.39, 0.29) is 5.56 Å². The maximum Gasteiger partial charge on any atom is 0.275 e. The Morgan fingerprint density at radius 1 is 1.12 bits per heavy atom. The van der Waals surface area contributed by atoms with Crippen molar-refractivity contribution in [2.24, 2.45) is 0 Å². The SMILES string of the molecule is O=c1cc(/C=C/c2cccnc2)nc2sc(-c3ccccc3Cl)nn12. The normalized spacial score (nSPS) is 11.4. The standard InChI is InChI=1S/C18H11ClN4OS/c19-15-6-2-1-5-14(15)17-22-23-16(24)10-13(21-18(23)25-17)8-7-12-4-3-9-20-11-12/h1-11H/b8-7+. The summed E-state index contributed by atoms with van der Waals surface area (Å²) < 4.78 is 1.30. The molecular weight excluding hydrogens is 356 g/mol. The summed E-state index contributed by atoms with van der Waals surface area (Å²) >= 11 is 7.54. The molecule has 0 bridgehead atoms. The molecule has 0 aliphatic carbocycles. The fraction of sp³-hybridized carbons (Fsp3) is 0. The number of benzene rings is 1. The summed E-state index contributed by atoms with van der Waals surface area (Å²) in [6, 6.07) is 12.6. The molecule has 0 radical (unpaired) electrons. The fourth-order valence-corrected chi connectivity index (χ4v) is 3.55. The molecule has 0 N–H and O–H groups in total. The summed E-state index contributed by atoms with van der Waals surface area (Å²) in [6.07, 6.45) is 7.10. The molecule has 0 aliphatic rings. The van der Waals surface area contributed by atoms with Crippen LogP contribution in [0, 0.1) is 0 Å². The van der Waals surface area contributed by atoms with Gasteiger partial charge in [0.15, 0.2) is 0 Å². The Balaban J connectivity index is 1.76. The third-order valence-corrected chi connectivity index (χ3v) is 4.77. The lowest BCUT2D eigenvalue weighted by Crippen LogP contribution is -2.14. The van der Waals surface area contributed by atoms with Crippen molar-refractivity contribution in [1.82, 2.24) is 19.6 Å². The van der Waals surface area contributed by atoms with Gasteiger partial charge >= 0.3 is 0 Å². The fourth-order valence-electron chi connectivity index (χ4n) is 2.31. The number of rotatable bonds is 3. The summed E-state index contributed by atoms with van der Waals surface area (Å²) in [5, 5.41) is 5.59. The Labute approximate surface area is 151 Å². The van der Waals surface area contributed by atoms with Gasteiger partial charge in [0.1, 0.15) is 5.01 Å². The van der Waals surface area contributed by atoms with Gasteiger partial charge in [-0.1, -0.05) is 53.3 Å². The zero-order valence-electron chi connectivity index (χ0n) is 12.8. The number of hydrogen-bond donors (Lipinski definition) is 0. The molecule has 0 aliphatic heterocycles. The van der Waals surface area contributed by atoms with E-state index in [1.54, 1.807) is 24.5 Å². The van der Waals surface area contributed by atoms with Crippen LogP contribution in [0.1, 0.15) is 11.3 Å². The molecule has 0 atom stereocenters. The third kappa shape index (κ3) is 3.22. The highest BCUT2D eigenvalue weighted by Crippen LogP contribution is 2.30. The van der Waals surface area contributed by atoms with Crippen molar-refractivity contribution in [2.75, 3.05) is 0 Å². The van der Waals surface area contributed by atoms with E-state index in [2.05, 4.69) is 15.1 Å². The molecule has 3 aromatic heterocycles. The molecule has 4 rings (SSSR count). The molecule has 122 valence electrons. The third-order valence-electron chi connectivity index (χ3n) is 3.50. The van der Waals surface area contributed by atoms with Crippen molar-refractivity contribution in [3.05, 3.63) is 81.5 Å². The van der Waals surface area contributed by atoms with Gasteiger partial charge in [0.05, 0.1) is 10.7 Å². The highest BCUT2D eigenvalue weighted by atomic mass is 35.5. The topological polar surface area (TPSA) is 60.2 Å². The van der Waals surface area contributed by atoms with Crippen molar-refractivity contribution < 1.29 is 0 Å². The first-order valence-electron chi connectivity index (χ1n) is 7.45. The van der Waals surface area contributed by atoms with Gasteiger partial charge in [-0.05, 0) is 23.8 Å². The van der Waals surface area contributed by atoms with Gasteiger partial charge in [-0.25, -0.2) is 4.98 Å². The molecular formula is C18H11ClN4OS. The van der Waals surface area contributed by atoms with Crippen LogP contribution in [0.5, 0.6) is 0 Å². The van der Waals surface area contributed by atoms with E-state index in [9.17, 15) is 4.79 Å². The van der Waals surface area contributed by atoms with Crippen LogP contribution < -0.4 is 5.56 Å². The van der Waals surface area contributed by atoms with E-state index in [0.717, 1.165) is 11.1 Å². The molecule has 0 saturated heterocycles. The van der Waals surface area contributed by atoms with Crippen LogP contribution in [0.4, 0.5) is 0 Å². The van der Waals surface area contributed by atoms with Crippen LogP contribution in [0.25, 0.3) is 27.7 Å². The van der Waals surface area contributed by atoms with E-state index < -0.39 is 0 Å². The first kappa shape index (κ1) is 15.7. The second-order valence-electron chi connectivity index (χ2n) is 5.22. The molecule has 25 heavy (non-hydrogen) atoms. The van der Waals surface area contributed by atoms with Gasteiger partial charge in [0.25, 0.3) is 5.56 Å². The smallest absolute Gasteiger partial charge is 0.267 e. The monoisotopic (exact) mass is 366 g/mol. The molecule has 3 heterocycles. The zero-order chi connectivity index (χ0) is 17.2. The van der Waals surface area contributed by atoms with Gasteiger partial charge < -0.3 is 0 Å². The largest absolute Gasteiger partial charge is 0.275 e. The average Bonchev–Trinajstić information content (AvgIpc) is 3.06. The lowest BCUT2D eigenvalue weighted by atomic mass is 10.2. The zero-order valence-corrected chi connectivity index (χ0v) is 14.4. The van der Waals surface area contributed by atoms with Gasteiger partial charge in [-0.2, -0.15) is 9.61 Å². The first-order chi connectivity index (χ1) is 12.2. The van der Waals surface area contributed by atoms with Crippen LogP contribution in [-0.2, 0) is 0 Å². The highest BCUT2D eigenvalue weighted by Gasteiger charge is 2.12.